The zero-order valence-electron chi connectivity index (χ0n) is 39.0. The van der Waals surface area contributed by atoms with E-state index in [9.17, 15) is 19.4 Å². The predicted octanol–water partition coefficient (Wildman–Crippen LogP) is 13.5. The maximum Gasteiger partial charge on any atom is 0.268 e. The number of quaternary nitrogens is 1. The SMILES string of the molecule is CCCCCCCC/C=C\CCCCCCCCCCCC(=O)NC(COP(=O)([O-])OCC[N+](C)(C)C)C(O)/C=C/CCCCCCCCCCCCCCCCC. The van der Waals surface area contributed by atoms with Crippen molar-refractivity contribution in [3.8, 4) is 0 Å². The number of phosphoric ester groups is 1. The predicted molar refractivity (Wildman–Crippen MR) is 247 cm³/mol. The first-order valence-electron chi connectivity index (χ1n) is 24.7. The molecule has 0 radical (unpaired) electrons. The lowest BCUT2D eigenvalue weighted by Crippen LogP contribution is -2.45. The van der Waals surface area contributed by atoms with Crippen LogP contribution in [0.2, 0.25) is 0 Å². The van der Waals surface area contributed by atoms with Crippen LogP contribution in [-0.4, -0.2) is 68.5 Å². The van der Waals surface area contributed by atoms with Gasteiger partial charge in [-0.3, -0.25) is 9.36 Å². The maximum atomic E-state index is 12.9. The zero-order chi connectivity index (χ0) is 42.8. The second-order valence-electron chi connectivity index (χ2n) is 18.2. The van der Waals surface area contributed by atoms with E-state index in [0.717, 1.165) is 38.5 Å². The molecule has 0 heterocycles. The lowest BCUT2D eigenvalue weighted by atomic mass is 10.0. The molecule has 1 amide bonds. The fraction of sp³-hybridized carbons (Fsp3) is 0.898. The molecule has 2 N–H and O–H groups in total. The summed E-state index contributed by atoms with van der Waals surface area (Å²) in [7, 11) is 1.27. The van der Waals surface area contributed by atoms with Crippen LogP contribution in [0.5, 0.6) is 0 Å². The van der Waals surface area contributed by atoms with E-state index in [1.807, 2.05) is 27.2 Å². The van der Waals surface area contributed by atoms with Crippen molar-refractivity contribution in [3.05, 3.63) is 24.3 Å². The van der Waals surface area contributed by atoms with Crippen molar-refractivity contribution in [3.63, 3.8) is 0 Å². The molecule has 3 unspecified atom stereocenters. The van der Waals surface area contributed by atoms with Crippen molar-refractivity contribution in [2.45, 2.75) is 244 Å². The van der Waals surface area contributed by atoms with Crippen LogP contribution < -0.4 is 10.2 Å². The number of amides is 1. The van der Waals surface area contributed by atoms with Gasteiger partial charge >= 0.3 is 0 Å². The van der Waals surface area contributed by atoms with E-state index in [1.165, 1.54) is 173 Å². The number of aliphatic hydroxyl groups is 1. The van der Waals surface area contributed by atoms with Crippen molar-refractivity contribution in [1.82, 2.24) is 5.32 Å². The monoisotopic (exact) mass is 841 g/mol. The Kier molecular flexibility index (Phi) is 40.6. The van der Waals surface area contributed by atoms with E-state index in [1.54, 1.807) is 6.08 Å². The number of aliphatic hydroxyl groups excluding tert-OH is 1. The molecular weight excluding hydrogens is 744 g/mol. The molecule has 0 fully saturated rings. The molecule has 9 heteroatoms. The van der Waals surface area contributed by atoms with Crippen LogP contribution in [0.3, 0.4) is 0 Å². The Morgan fingerprint density at radius 3 is 1.34 bits per heavy atom. The normalized spacial score (nSPS) is 14.4. The van der Waals surface area contributed by atoms with E-state index in [4.69, 9.17) is 9.05 Å². The van der Waals surface area contributed by atoms with Crippen molar-refractivity contribution in [2.75, 3.05) is 40.9 Å². The van der Waals surface area contributed by atoms with Crippen LogP contribution in [0.4, 0.5) is 0 Å². The third-order valence-electron chi connectivity index (χ3n) is 11.2. The van der Waals surface area contributed by atoms with Crippen molar-refractivity contribution in [2.24, 2.45) is 0 Å². The van der Waals surface area contributed by atoms with Gasteiger partial charge < -0.3 is 28.8 Å². The summed E-state index contributed by atoms with van der Waals surface area (Å²) < 4.78 is 23.3. The Morgan fingerprint density at radius 2 is 0.948 bits per heavy atom. The van der Waals surface area contributed by atoms with Gasteiger partial charge in [0.05, 0.1) is 39.9 Å². The summed E-state index contributed by atoms with van der Waals surface area (Å²) in [5.41, 5.74) is 0. The molecule has 3 atom stereocenters. The number of carbonyl (C=O) groups is 1. The second-order valence-corrected chi connectivity index (χ2v) is 19.6. The topological polar surface area (TPSA) is 108 Å². The highest BCUT2D eigenvalue weighted by molar-refractivity contribution is 7.45. The largest absolute Gasteiger partial charge is 0.756 e. The summed E-state index contributed by atoms with van der Waals surface area (Å²) in [6.07, 6.45) is 49.3. The van der Waals surface area contributed by atoms with Crippen LogP contribution in [0, 0.1) is 0 Å². The van der Waals surface area contributed by atoms with E-state index in [2.05, 4.69) is 31.3 Å². The van der Waals surface area contributed by atoms with E-state index in [-0.39, 0.29) is 19.1 Å². The van der Waals surface area contributed by atoms with Crippen LogP contribution >= 0.6 is 7.82 Å². The summed E-state index contributed by atoms with van der Waals surface area (Å²) in [5, 5.41) is 13.8. The van der Waals surface area contributed by atoms with Gasteiger partial charge in [-0.15, -0.1) is 0 Å². The molecule has 0 aliphatic heterocycles. The van der Waals surface area contributed by atoms with E-state index >= 15 is 0 Å². The number of nitrogens with zero attached hydrogens (tertiary/aromatic N) is 1. The highest BCUT2D eigenvalue weighted by Crippen LogP contribution is 2.38. The molecule has 0 aromatic heterocycles. The number of nitrogens with one attached hydrogen (secondary N) is 1. The first-order chi connectivity index (χ1) is 28.0. The Labute approximate surface area is 360 Å². The average molecular weight is 841 g/mol. The number of unbranched alkanes of at least 4 members (excludes halogenated alkanes) is 30. The molecule has 0 aliphatic carbocycles. The summed E-state index contributed by atoms with van der Waals surface area (Å²) in [4.78, 5) is 25.4. The van der Waals surface area contributed by atoms with E-state index in [0.29, 0.717) is 17.4 Å². The average Bonchev–Trinajstić information content (AvgIpc) is 3.17. The highest BCUT2D eigenvalue weighted by Gasteiger charge is 2.23. The molecule has 0 saturated heterocycles. The summed E-state index contributed by atoms with van der Waals surface area (Å²) >= 11 is 0. The second kappa shape index (κ2) is 41.3. The molecule has 0 spiro atoms. The van der Waals surface area contributed by atoms with Crippen LogP contribution in [0.25, 0.3) is 0 Å². The first kappa shape index (κ1) is 57.0. The molecule has 0 aromatic rings. The lowest BCUT2D eigenvalue weighted by Gasteiger charge is -2.29. The van der Waals surface area contributed by atoms with Gasteiger partial charge in [0.15, 0.2) is 0 Å². The van der Waals surface area contributed by atoms with Gasteiger partial charge in [0.1, 0.15) is 13.2 Å². The lowest BCUT2D eigenvalue weighted by molar-refractivity contribution is -0.870. The molecule has 0 aliphatic rings. The number of likely N-dealkylation sites (N-methyl/N-ethyl adjacent to an activating group) is 1. The number of rotatable bonds is 45. The molecule has 0 aromatic carbocycles. The first-order valence-corrected chi connectivity index (χ1v) is 26.2. The third-order valence-corrected chi connectivity index (χ3v) is 12.1. The standard InChI is InChI=1S/C49H97N2O6P/c1-6-8-10-12-14-16-18-20-22-24-25-27-29-31-33-35-37-39-41-43-49(53)50-47(46-57-58(54,55)56-45-44-51(3,4)5)48(52)42-40-38-36-34-32-30-28-26-23-21-19-17-15-13-11-9-7-2/h20,22,40,42,47-48,52H,6-19,21,23-39,41,43-46H2,1-5H3,(H-,50,53,54,55)/b22-20-,42-40+. The van der Waals surface area contributed by atoms with E-state index < -0.39 is 20.0 Å². The minimum Gasteiger partial charge on any atom is -0.756 e. The molecule has 0 saturated carbocycles. The molecule has 8 nitrogen and oxygen atoms in total. The zero-order valence-corrected chi connectivity index (χ0v) is 39.9. The number of allylic oxidation sites excluding steroid dienone is 3. The molecular formula is C49H97N2O6P. The van der Waals surface area contributed by atoms with Gasteiger partial charge in [0.25, 0.3) is 7.82 Å². The quantitative estimate of drug-likeness (QED) is 0.0274. The Hall–Kier alpha value is -1.02. The summed E-state index contributed by atoms with van der Waals surface area (Å²) in [5.74, 6) is -0.198. The number of carbonyl (C=O) groups excluding carboxylic acids is 1. The fourth-order valence-electron chi connectivity index (χ4n) is 7.21. The molecule has 344 valence electrons. The van der Waals surface area contributed by atoms with Crippen LogP contribution in [-0.2, 0) is 18.4 Å². The Bertz CT molecular complexity index is 1000. The number of hydrogen-bond donors (Lipinski definition) is 2. The molecule has 58 heavy (non-hydrogen) atoms. The minimum absolute atomic E-state index is 0.0000121. The highest BCUT2D eigenvalue weighted by atomic mass is 31.2. The van der Waals surface area contributed by atoms with Gasteiger partial charge in [0, 0.05) is 6.42 Å². The van der Waals surface area contributed by atoms with Gasteiger partial charge in [-0.2, -0.15) is 0 Å². The molecule has 0 bridgehead atoms. The Morgan fingerprint density at radius 1 is 0.586 bits per heavy atom. The van der Waals surface area contributed by atoms with Crippen molar-refractivity contribution in [1.29, 1.82) is 0 Å². The summed E-state index contributed by atoms with van der Waals surface area (Å²) in [6, 6.07) is -0.884. The maximum absolute atomic E-state index is 12.9. The van der Waals surface area contributed by atoms with Gasteiger partial charge in [-0.25, -0.2) is 0 Å². The Balaban J connectivity index is 4.34. The minimum atomic E-state index is -4.59. The van der Waals surface area contributed by atoms with Crippen molar-refractivity contribution < 1.29 is 32.9 Å². The number of hydrogen-bond acceptors (Lipinski definition) is 6. The van der Waals surface area contributed by atoms with Crippen LogP contribution in [0.15, 0.2) is 24.3 Å². The smallest absolute Gasteiger partial charge is 0.268 e. The fourth-order valence-corrected chi connectivity index (χ4v) is 7.93. The van der Waals surface area contributed by atoms with Crippen LogP contribution in [0.1, 0.15) is 232 Å². The van der Waals surface area contributed by atoms with Gasteiger partial charge in [-0.05, 0) is 44.9 Å². The van der Waals surface area contributed by atoms with Gasteiger partial charge in [0.2, 0.25) is 5.91 Å². The van der Waals surface area contributed by atoms with Gasteiger partial charge in [-0.1, -0.05) is 205 Å². The number of phosphoric acid groups is 1. The summed E-state index contributed by atoms with van der Waals surface area (Å²) in [6.45, 7) is 4.66. The van der Waals surface area contributed by atoms with Crippen molar-refractivity contribution >= 4 is 13.7 Å². The molecule has 0 rings (SSSR count). The third kappa shape index (κ3) is 43.1.